The third-order valence-corrected chi connectivity index (χ3v) is 5.41. The molecule has 0 bridgehead atoms. The van der Waals surface area contributed by atoms with Crippen molar-refractivity contribution in [2.24, 2.45) is 4.99 Å². The van der Waals surface area contributed by atoms with Gasteiger partial charge >= 0.3 is 0 Å². The summed E-state index contributed by atoms with van der Waals surface area (Å²) in [6, 6.07) is 28.8. The van der Waals surface area contributed by atoms with Crippen LogP contribution in [0.15, 0.2) is 94.8 Å². The van der Waals surface area contributed by atoms with Crippen LogP contribution in [0, 0.1) is 0 Å². The molecule has 3 aromatic rings. The van der Waals surface area contributed by atoms with Gasteiger partial charge in [0.2, 0.25) is 0 Å². The minimum atomic E-state index is 0.0390. The molecule has 3 aromatic carbocycles. The van der Waals surface area contributed by atoms with Crippen molar-refractivity contribution in [1.29, 1.82) is 0 Å². The second-order valence-electron chi connectivity index (χ2n) is 5.81. The highest BCUT2D eigenvalue weighted by atomic mass is 35.5. The van der Waals surface area contributed by atoms with Crippen LogP contribution in [0.4, 0.5) is 0 Å². The highest BCUT2D eigenvalue weighted by Crippen LogP contribution is 2.44. The van der Waals surface area contributed by atoms with Gasteiger partial charge in [0.15, 0.2) is 0 Å². The van der Waals surface area contributed by atoms with E-state index in [0.717, 1.165) is 15.6 Å². The molecule has 0 fully saturated rings. The molecule has 1 aliphatic heterocycles. The summed E-state index contributed by atoms with van der Waals surface area (Å²) in [6.07, 6.45) is 2.23. The molecule has 3 heteroatoms. The van der Waals surface area contributed by atoms with Crippen molar-refractivity contribution in [1.82, 2.24) is 0 Å². The Balaban J connectivity index is 1.74. The molecule has 0 aliphatic carbocycles. The van der Waals surface area contributed by atoms with Crippen molar-refractivity contribution >= 4 is 34.5 Å². The molecular weight excluding hydrogens is 346 g/mol. The Hall–Kier alpha value is -2.29. The van der Waals surface area contributed by atoms with Crippen molar-refractivity contribution in [3.8, 4) is 0 Å². The van der Waals surface area contributed by atoms with Crippen molar-refractivity contribution in [2.75, 3.05) is 0 Å². The maximum absolute atomic E-state index is 6.02. The zero-order chi connectivity index (χ0) is 17.1. The normalized spacial score (nSPS) is 18.4. The third kappa shape index (κ3) is 3.71. The summed E-state index contributed by atoms with van der Waals surface area (Å²) in [7, 11) is 0. The lowest BCUT2D eigenvalue weighted by Crippen LogP contribution is -1.93. The largest absolute Gasteiger partial charge is 0.264 e. The van der Waals surface area contributed by atoms with Crippen LogP contribution in [0.25, 0.3) is 6.08 Å². The van der Waals surface area contributed by atoms with Crippen molar-refractivity contribution in [2.45, 2.75) is 6.04 Å². The summed E-state index contributed by atoms with van der Waals surface area (Å²) in [5, 5.41) is 1.78. The van der Waals surface area contributed by atoms with Gasteiger partial charge in [0.05, 0.1) is 0 Å². The quantitative estimate of drug-likeness (QED) is 0.510. The molecule has 0 amide bonds. The van der Waals surface area contributed by atoms with Crippen LogP contribution in [0.1, 0.15) is 22.7 Å². The summed E-state index contributed by atoms with van der Waals surface area (Å²) in [4.78, 5) is 6.24. The maximum atomic E-state index is 6.02. The van der Waals surface area contributed by atoms with E-state index in [0.29, 0.717) is 0 Å². The standard InChI is InChI=1S/C22H16ClNS/c23-19-13-11-18(12-14-19)22-24-21(17-9-5-2-6-10-17)20(25-22)15-16-7-3-1-4-8-16/h1-15,21H. The van der Waals surface area contributed by atoms with E-state index in [2.05, 4.69) is 54.6 Å². The summed E-state index contributed by atoms with van der Waals surface area (Å²) in [6.45, 7) is 0. The first-order valence-corrected chi connectivity index (χ1v) is 9.32. The Morgan fingerprint density at radius 2 is 1.44 bits per heavy atom. The van der Waals surface area contributed by atoms with Gasteiger partial charge < -0.3 is 0 Å². The SMILES string of the molecule is Clc1ccc(C2=NC(c3ccccc3)C(=Cc3ccccc3)S2)cc1. The minimum absolute atomic E-state index is 0.0390. The molecule has 122 valence electrons. The fraction of sp³-hybridized carbons (Fsp3) is 0.0455. The van der Waals surface area contributed by atoms with Crippen LogP contribution in [0.3, 0.4) is 0 Å². The van der Waals surface area contributed by atoms with E-state index in [1.165, 1.54) is 16.0 Å². The maximum Gasteiger partial charge on any atom is 0.108 e. The van der Waals surface area contributed by atoms with Gasteiger partial charge in [-0.25, -0.2) is 0 Å². The summed E-state index contributed by atoms with van der Waals surface area (Å²) in [5.74, 6) is 0. The topological polar surface area (TPSA) is 12.4 Å². The lowest BCUT2D eigenvalue weighted by molar-refractivity contribution is 0.917. The molecule has 1 nitrogen and oxygen atoms in total. The van der Waals surface area contributed by atoms with E-state index in [1.54, 1.807) is 11.8 Å². The molecule has 0 saturated carbocycles. The monoisotopic (exact) mass is 361 g/mol. The molecule has 0 spiro atoms. The van der Waals surface area contributed by atoms with Crippen molar-refractivity contribution in [3.63, 3.8) is 0 Å². The van der Waals surface area contributed by atoms with E-state index >= 15 is 0 Å². The Morgan fingerprint density at radius 1 is 0.800 bits per heavy atom. The van der Waals surface area contributed by atoms with Crippen LogP contribution < -0.4 is 0 Å². The van der Waals surface area contributed by atoms with Gasteiger partial charge in [0, 0.05) is 15.5 Å². The van der Waals surface area contributed by atoms with E-state index in [9.17, 15) is 0 Å². The average Bonchev–Trinajstić information content (AvgIpc) is 3.08. The number of benzene rings is 3. The number of thioether (sulfide) groups is 1. The molecule has 0 aromatic heterocycles. The zero-order valence-corrected chi connectivity index (χ0v) is 15.0. The molecule has 1 unspecified atom stereocenters. The number of halogens is 1. The van der Waals surface area contributed by atoms with Gasteiger partial charge in [0.1, 0.15) is 11.1 Å². The van der Waals surface area contributed by atoms with Crippen molar-refractivity contribution in [3.05, 3.63) is 112 Å². The predicted octanol–water partition coefficient (Wildman–Crippen LogP) is 6.62. The van der Waals surface area contributed by atoms with Crippen LogP contribution in [-0.4, -0.2) is 5.04 Å². The second-order valence-corrected chi connectivity index (χ2v) is 7.31. The lowest BCUT2D eigenvalue weighted by atomic mass is 10.1. The van der Waals surface area contributed by atoms with Crippen LogP contribution in [-0.2, 0) is 0 Å². The van der Waals surface area contributed by atoms with E-state index in [4.69, 9.17) is 16.6 Å². The minimum Gasteiger partial charge on any atom is -0.264 e. The Kier molecular flexibility index (Phi) is 4.73. The number of hydrogen-bond donors (Lipinski definition) is 0. The Bertz CT molecular complexity index is 915. The van der Waals surface area contributed by atoms with Gasteiger partial charge in [0.25, 0.3) is 0 Å². The number of hydrogen-bond acceptors (Lipinski definition) is 2. The van der Waals surface area contributed by atoms with Gasteiger partial charge in [-0.3, -0.25) is 4.99 Å². The van der Waals surface area contributed by atoms with Gasteiger partial charge in [-0.15, -0.1) is 0 Å². The van der Waals surface area contributed by atoms with E-state index in [1.807, 2.05) is 36.4 Å². The highest BCUT2D eigenvalue weighted by molar-refractivity contribution is 8.18. The Morgan fingerprint density at radius 3 is 2.12 bits per heavy atom. The van der Waals surface area contributed by atoms with Gasteiger partial charge in [-0.1, -0.05) is 96.2 Å². The molecule has 0 N–H and O–H groups in total. The molecule has 1 atom stereocenters. The molecule has 0 saturated heterocycles. The third-order valence-electron chi connectivity index (χ3n) is 4.05. The first kappa shape index (κ1) is 16.2. The first-order chi connectivity index (χ1) is 12.3. The summed E-state index contributed by atoms with van der Waals surface area (Å²) >= 11 is 7.76. The Labute approximate surface area is 157 Å². The van der Waals surface area contributed by atoms with Crippen LogP contribution in [0.5, 0.6) is 0 Å². The fourth-order valence-corrected chi connectivity index (χ4v) is 4.05. The van der Waals surface area contributed by atoms with Gasteiger partial charge in [-0.2, -0.15) is 0 Å². The molecule has 1 heterocycles. The van der Waals surface area contributed by atoms with Crippen LogP contribution >= 0.6 is 23.4 Å². The zero-order valence-electron chi connectivity index (χ0n) is 13.5. The number of aliphatic imine (C=N–C) groups is 1. The second kappa shape index (κ2) is 7.30. The predicted molar refractivity (Wildman–Crippen MR) is 109 cm³/mol. The van der Waals surface area contributed by atoms with E-state index in [-0.39, 0.29) is 6.04 Å². The molecular formula is C22H16ClNS. The fourth-order valence-electron chi connectivity index (χ4n) is 2.80. The average molecular weight is 362 g/mol. The van der Waals surface area contributed by atoms with Crippen LogP contribution in [0.2, 0.25) is 5.02 Å². The molecule has 0 radical (unpaired) electrons. The highest BCUT2D eigenvalue weighted by Gasteiger charge is 2.26. The van der Waals surface area contributed by atoms with Gasteiger partial charge in [-0.05, 0) is 29.3 Å². The van der Waals surface area contributed by atoms with E-state index < -0.39 is 0 Å². The number of rotatable bonds is 3. The summed E-state index contributed by atoms with van der Waals surface area (Å²) < 4.78 is 0. The van der Waals surface area contributed by atoms with Crippen molar-refractivity contribution < 1.29 is 0 Å². The molecule has 1 aliphatic rings. The summed E-state index contributed by atoms with van der Waals surface area (Å²) in [5.41, 5.74) is 3.51. The molecule has 25 heavy (non-hydrogen) atoms. The first-order valence-electron chi connectivity index (χ1n) is 8.13. The molecule has 4 rings (SSSR count). The number of nitrogens with zero attached hydrogens (tertiary/aromatic N) is 1. The smallest absolute Gasteiger partial charge is 0.108 e. The lowest BCUT2D eigenvalue weighted by Gasteiger charge is -2.09.